The van der Waals surface area contributed by atoms with Gasteiger partial charge in [-0.2, -0.15) is 0 Å². The first-order chi connectivity index (χ1) is 9.47. The molecule has 108 valence electrons. The van der Waals surface area contributed by atoms with Gasteiger partial charge in [-0.1, -0.05) is 18.0 Å². The molecule has 1 fully saturated rings. The van der Waals surface area contributed by atoms with E-state index in [1.807, 2.05) is 12.3 Å². The molecule has 0 saturated heterocycles. The first-order valence-corrected chi connectivity index (χ1v) is 7.94. The van der Waals surface area contributed by atoms with E-state index in [9.17, 15) is 14.7 Å². The predicted octanol–water partition coefficient (Wildman–Crippen LogP) is 3.65. The molecule has 0 aliphatic heterocycles. The molecule has 20 heavy (non-hydrogen) atoms. The molecule has 1 aliphatic rings. The highest BCUT2D eigenvalue weighted by atomic mass is 35.5. The third-order valence-electron chi connectivity index (χ3n) is 3.70. The molecule has 0 bridgehead atoms. The van der Waals surface area contributed by atoms with Crippen LogP contribution in [0.4, 0.5) is 5.69 Å². The summed E-state index contributed by atoms with van der Waals surface area (Å²) >= 11 is 7.60. The fourth-order valence-corrected chi connectivity index (χ4v) is 3.20. The largest absolute Gasteiger partial charge is 0.481 e. The molecule has 0 atom stereocenters. The third kappa shape index (κ3) is 3.10. The van der Waals surface area contributed by atoms with Gasteiger partial charge in [-0.25, -0.2) is 0 Å². The van der Waals surface area contributed by atoms with Crippen LogP contribution >= 0.6 is 23.4 Å². The van der Waals surface area contributed by atoms with Gasteiger partial charge in [0.1, 0.15) is 0 Å². The lowest BCUT2D eigenvalue weighted by atomic mass is 9.66. The Kier molecular flexibility index (Phi) is 4.60. The Hall–Kier alpha value is -1.20. The van der Waals surface area contributed by atoms with Crippen LogP contribution < -0.4 is 5.32 Å². The van der Waals surface area contributed by atoms with Gasteiger partial charge in [0.15, 0.2) is 0 Å². The molecule has 1 saturated carbocycles. The number of carboxylic acids is 1. The van der Waals surface area contributed by atoms with Crippen LogP contribution in [0.5, 0.6) is 0 Å². The average Bonchev–Trinajstić information content (AvgIpc) is 2.33. The van der Waals surface area contributed by atoms with Crippen molar-refractivity contribution < 1.29 is 14.7 Å². The summed E-state index contributed by atoms with van der Waals surface area (Å²) < 4.78 is 0. The van der Waals surface area contributed by atoms with Crippen molar-refractivity contribution >= 4 is 40.9 Å². The Morgan fingerprint density at radius 1 is 1.45 bits per heavy atom. The highest BCUT2D eigenvalue weighted by Crippen LogP contribution is 2.44. The van der Waals surface area contributed by atoms with Crippen LogP contribution in [-0.2, 0) is 9.59 Å². The van der Waals surface area contributed by atoms with E-state index in [0.29, 0.717) is 23.6 Å². The molecule has 0 aromatic heterocycles. The fraction of sp³-hybridized carbons (Fsp3) is 0.429. The van der Waals surface area contributed by atoms with E-state index in [2.05, 4.69) is 5.32 Å². The molecular weight excluding hydrogens is 298 g/mol. The summed E-state index contributed by atoms with van der Waals surface area (Å²) in [6, 6.07) is 5.28. The topological polar surface area (TPSA) is 66.4 Å². The van der Waals surface area contributed by atoms with Crippen LogP contribution in [-0.4, -0.2) is 23.2 Å². The smallest absolute Gasteiger partial charge is 0.310 e. The molecule has 0 spiro atoms. The lowest BCUT2D eigenvalue weighted by Gasteiger charge is -2.36. The molecule has 0 unspecified atom stereocenters. The summed E-state index contributed by atoms with van der Waals surface area (Å²) in [7, 11) is 0. The number of benzene rings is 1. The summed E-state index contributed by atoms with van der Waals surface area (Å²) in [4.78, 5) is 24.1. The second-order valence-corrected chi connectivity index (χ2v) is 6.27. The van der Waals surface area contributed by atoms with Crippen molar-refractivity contribution in [2.75, 3.05) is 11.6 Å². The quantitative estimate of drug-likeness (QED) is 0.814. The number of hydrogen-bond donors (Lipinski definition) is 2. The highest BCUT2D eigenvalue weighted by Gasteiger charge is 2.45. The summed E-state index contributed by atoms with van der Waals surface area (Å²) in [5, 5.41) is 12.5. The van der Waals surface area contributed by atoms with Gasteiger partial charge in [-0.15, -0.1) is 11.8 Å². The lowest BCUT2D eigenvalue weighted by Crippen LogP contribution is -2.41. The Morgan fingerprint density at radius 2 is 2.15 bits per heavy atom. The fourth-order valence-electron chi connectivity index (χ4n) is 2.33. The van der Waals surface area contributed by atoms with Crippen LogP contribution in [0.1, 0.15) is 25.7 Å². The zero-order valence-electron chi connectivity index (χ0n) is 11.1. The van der Waals surface area contributed by atoms with E-state index in [1.54, 1.807) is 12.1 Å². The van der Waals surface area contributed by atoms with Gasteiger partial charge in [0.2, 0.25) is 5.91 Å². The number of carboxylic acid groups (broad SMARTS) is 1. The van der Waals surface area contributed by atoms with Crippen LogP contribution in [0.2, 0.25) is 5.02 Å². The first-order valence-electron chi connectivity index (χ1n) is 6.34. The number of nitrogens with one attached hydrogen (secondary N) is 1. The third-order valence-corrected chi connectivity index (χ3v) is 4.92. The van der Waals surface area contributed by atoms with Crippen LogP contribution in [0.3, 0.4) is 0 Å². The van der Waals surface area contributed by atoms with Gasteiger partial charge in [-0.3, -0.25) is 9.59 Å². The highest BCUT2D eigenvalue weighted by molar-refractivity contribution is 7.98. The molecule has 2 rings (SSSR count). The number of aliphatic carboxylic acids is 1. The van der Waals surface area contributed by atoms with E-state index < -0.39 is 11.4 Å². The number of carbonyl (C=O) groups is 2. The number of carbonyl (C=O) groups excluding carboxylic acids is 1. The number of rotatable bonds is 5. The van der Waals surface area contributed by atoms with Gasteiger partial charge in [0, 0.05) is 17.0 Å². The number of anilines is 1. The minimum atomic E-state index is -0.880. The van der Waals surface area contributed by atoms with Gasteiger partial charge < -0.3 is 10.4 Å². The number of halogens is 1. The molecule has 1 aromatic carbocycles. The maximum atomic E-state index is 12.0. The van der Waals surface area contributed by atoms with E-state index in [0.717, 1.165) is 11.3 Å². The second kappa shape index (κ2) is 6.06. The molecule has 1 aromatic rings. The van der Waals surface area contributed by atoms with E-state index in [-0.39, 0.29) is 12.3 Å². The summed E-state index contributed by atoms with van der Waals surface area (Å²) in [6.45, 7) is 0. The number of thioether (sulfide) groups is 1. The molecule has 0 heterocycles. The molecule has 2 N–H and O–H groups in total. The normalized spacial score (nSPS) is 16.3. The molecule has 6 heteroatoms. The molecule has 1 amide bonds. The summed E-state index contributed by atoms with van der Waals surface area (Å²) in [5.41, 5.74) is -0.273. The van der Waals surface area contributed by atoms with Gasteiger partial charge in [-0.05, 0) is 37.3 Å². The minimum absolute atomic E-state index is 0.0181. The van der Waals surface area contributed by atoms with E-state index in [1.165, 1.54) is 11.8 Å². The maximum Gasteiger partial charge on any atom is 0.310 e. The van der Waals surface area contributed by atoms with Crippen molar-refractivity contribution in [3.8, 4) is 0 Å². The van der Waals surface area contributed by atoms with Crippen LogP contribution in [0.15, 0.2) is 23.1 Å². The van der Waals surface area contributed by atoms with Gasteiger partial charge in [0.05, 0.1) is 10.4 Å². The van der Waals surface area contributed by atoms with Crippen LogP contribution in [0, 0.1) is 5.41 Å². The molecule has 0 radical (unpaired) electrons. The van der Waals surface area contributed by atoms with E-state index in [4.69, 9.17) is 11.6 Å². The SMILES string of the molecule is CSc1ccc(NC(=O)CC2(C(=O)O)CCC2)cc1Cl. The average molecular weight is 314 g/mol. The van der Waals surface area contributed by atoms with Crippen molar-refractivity contribution in [2.45, 2.75) is 30.6 Å². The monoisotopic (exact) mass is 313 g/mol. The van der Waals surface area contributed by atoms with Crippen molar-refractivity contribution in [1.29, 1.82) is 0 Å². The van der Waals surface area contributed by atoms with Gasteiger partial charge >= 0.3 is 5.97 Å². The maximum absolute atomic E-state index is 12.0. The lowest BCUT2D eigenvalue weighted by molar-refractivity contribution is -0.157. The molecule has 1 aliphatic carbocycles. The molecule has 4 nitrogen and oxygen atoms in total. The minimum Gasteiger partial charge on any atom is -0.481 e. The molecular formula is C14H16ClNO3S. The Morgan fingerprint density at radius 3 is 2.60 bits per heavy atom. The van der Waals surface area contributed by atoms with E-state index >= 15 is 0 Å². The first kappa shape index (κ1) is 15.2. The zero-order chi connectivity index (χ0) is 14.8. The number of hydrogen-bond acceptors (Lipinski definition) is 3. The summed E-state index contributed by atoms with van der Waals surface area (Å²) in [6.07, 6.45) is 3.95. The summed E-state index contributed by atoms with van der Waals surface area (Å²) in [5.74, 6) is -1.16. The standard InChI is InChI=1S/C14H16ClNO3S/c1-20-11-4-3-9(7-10(11)15)16-12(17)8-14(13(18)19)5-2-6-14/h3-4,7H,2,5-6,8H2,1H3,(H,16,17)(H,18,19). The van der Waals surface area contributed by atoms with Crippen molar-refractivity contribution in [2.24, 2.45) is 5.41 Å². The second-order valence-electron chi connectivity index (χ2n) is 5.01. The van der Waals surface area contributed by atoms with Crippen molar-refractivity contribution in [1.82, 2.24) is 0 Å². The van der Waals surface area contributed by atoms with Crippen molar-refractivity contribution in [3.63, 3.8) is 0 Å². The van der Waals surface area contributed by atoms with Gasteiger partial charge in [0.25, 0.3) is 0 Å². The van der Waals surface area contributed by atoms with Crippen LogP contribution in [0.25, 0.3) is 0 Å². The Bertz CT molecular complexity index is 543. The Balaban J connectivity index is 2.01. The zero-order valence-corrected chi connectivity index (χ0v) is 12.7. The number of amides is 1. The van der Waals surface area contributed by atoms with Crippen molar-refractivity contribution in [3.05, 3.63) is 23.2 Å². The predicted molar refractivity (Wildman–Crippen MR) is 80.4 cm³/mol. The Labute approximate surface area is 126 Å².